The molecule has 4 nitrogen and oxygen atoms in total. The third-order valence-electron chi connectivity index (χ3n) is 3.21. The summed E-state index contributed by atoms with van der Waals surface area (Å²) in [6.07, 6.45) is 0. The first kappa shape index (κ1) is 14.3. The highest BCUT2D eigenvalue weighted by atomic mass is 32.1. The number of carbonyl (C=O) groups is 1. The van der Waals surface area contributed by atoms with Crippen LogP contribution in [0.5, 0.6) is 0 Å². The molecule has 110 valence electrons. The molecule has 0 fully saturated rings. The third-order valence-corrected chi connectivity index (χ3v) is 4.23. The summed E-state index contributed by atoms with van der Waals surface area (Å²) in [6, 6.07) is 17.3. The minimum atomic E-state index is -0.587. The Morgan fingerprint density at radius 2 is 1.73 bits per heavy atom. The number of primary amides is 1. The number of amides is 2. The van der Waals surface area contributed by atoms with Crippen molar-refractivity contribution in [1.29, 1.82) is 0 Å². The number of thiazole rings is 1. The van der Waals surface area contributed by atoms with Gasteiger partial charge < -0.3 is 5.73 Å². The normalized spacial score (nSPS) is 10.4. The molecule has 0 unspecified atom stereocenters. The number of aromatic nitrogens is 1. The maximum Gasteiger partial charge on any atom is 0.317 e. The van der Waals surface area contributed by atoms with E-state index in [9.17, 15) is 4.79 Å². The molecule has 0 aliphatic rings. The molecule has 22 heavy (non-hydrogen) atoms. The van der Waals surface area contributed by atoms with Gasteiger partial charge in [-0.25, -0.2) is 9.78 Å². The minimum Gasteiger partial charge on any atom is -0.351 e. The van der Waals surface area contributed by atoms with Crippen LogP contribution in [0.3, 0.4) is 0 Å². The van der Waals surface area contributed by atoms with E-state index in [1.54, 1.807) is 0 Å². The van der Waals surface area contributed by atoms with E-state index in [0.29, 0.717) is 5.00 Å². The highest BCUT2D eigenvalue weighted by Gasteiger charge is 2.15. The highest BCUT2D eigenvalue weighted by Crippen LogP contribution is 2.37. The minimum absolute atomic E-state index is 0.587. The molecule has 5 heteroatoms. The van der Waals surface area contributed by atoms with Crippen molar-refractivity contribution in [3.8, 4) is 21.8 Å². The molecular weight excluding hydrogens is 294 g/mol. The average Bonchev–Trinajstić information content (AvgIpc) is 2.92. The zero-order valence-electron chi connectivity index (χ0n) is 12.0. The van der Waals surface area contributed by atoms with Gasteiger partial charge in [-0.3, -0.25) is 5.32 Å². The van der Waals surface area contributed by atoms with Crippen LogP contribution in [0.2, 0.25) is 0 Å². The number of benzene rings is 2. The first-order chi connectivity index (χ1) is 10.6. The molecule has 0 atom stereocenters. The number of hydrogen-bond donors (Lipinski definition) is 2. The van der Waals surface area contributed by atoms with Crippen LogP contribution in [0.4, 0.5) is 9.80 Å². The summed E-state index contributed by atoms with van der Waals surface area (Å²) < 4.78 is 0. The van der Waals surface area contributed by atoms with E-state index in [1.165, 1.54) is 16.9 Å². The predicted molar refractivity (Wildman–Crippen MR) is 90.9 cm³/mol. The smallest absolute Gasteiger partial charge is 0.317 e. The zero-order valence-corrected chi connectivity index (χ0v) is 12.9. The van der Waals surface area contributed by atoms with Crippen molar-refractivity contribution in [3.63, 3.8) is 0 Å². The number of nitrogens with one attached hydrogen (secondary N) is 1. The zero-order chi connectivity index (χ0) is 15.5. The lowest BCUT2D eigenvalue weighted by atomic mass is 10.1. The lowest BCUT2D eigenvalue weighted by molar-refractivity contribution is 0.259. The number of nitrogens with zero attached hydrogens (tertiary/aromatic N) is 1. The van der Waals surface area contributed by atoms with Gasteiger partial charge in [0.05, 0.1) is 0 Å². The Labute approximate surface area is 132 Å². The fraction of sp³-hybridized carbons (Fsp3) is 0.0588. The van der Waals surface area contributed by atoms with Crippen LogP contribution in [-0.2, 0) is 0 Å². The van der Waals surface area contributed by atoms with E-state index in [0.717, 1.165) is 21.8 Å². The summed E-state index contributed by atoms with van der Waals surface area (Å²) in [5.41, 5.74) is 9.16. The molecule has 2 aromatic carbocycles. The maximum atomic E-state index is 11.2. The number of rotatable bonds is 3. The summed E-state index contributed by atoms with van der Waals surface area (Å²) in [5.74, 6) is 0. The SMILES string of the molecule is Cc1ccc(-c2nc(-c3ccccc3)c(NC(N)=O)s2)cc1. The second kappa shape index (κ2) is 5.99. The van der Waals surface area contributed by atoms with Crippen LogP contribution in [0.15, 0.2) is 54.6 Å². The Morgan fingerprint density at radius 1 is 1.05 bits per heavy atom. The predicted octanol–water partition coefficient (Wildman–Crippen LogP) is 4.28. The quantitative estimate of drug-likeness (QED) is 0.758. The number of carbonyl (C=O) groups excluding carboxylic acids is 1. The molecule has 0 saturated carbocycles. The van der Waals surface area contributed by atoms with Crippen molar-refractivity contribution in [2.75, 3.05) is 5.32 Å². The first-order valence-corrected chi connectivity index (χ1v) is 7.65. The summed E-state index contributed by atoms with van der Waals surface area (Å²) in [7, 11) is 0. The van der Waals surface area contributed by atoms with Gasteiger partial charge in [-0.15, -0.1) is 0 Å². The van der Waals surface area contributed by atoms with Crippen molar-refractivity contribution >= 4 is 22.4 Å². The largest absolute Gasteiger partial charge is 0.351 e. The second-order valence-corrected chi connectivity index (χ2v) is 5.92. The summed E-state index contributed by atoms with van der Waals surface area (Å²) in [4.78, 5) is 15.9. The molecule has 0 saturated heterocycles. The van der Waals surface area contributed by atoms with Gasteiger partial charge in [-0.2, -0.15) is 0 Å². The molecule has 0 bridgehead atoms. The Hall–Kier alpha value is -2.66. The van der Waals surface area contributed by atoms with Gasteiger partial charge in [0.25, 0.3) is 0 Å². The van der Waals surface area contributed by atoms with Gasteiger partial charge in [0.15, 0.2) is 0 Å². The highest BCUT2D eigenvalue weighted by molar-refractivity contribution is 7.19. The number of aryl methyl sites for hydroxylation is 1. The van der Waals surface area contributed by atoms with Gasteiger partial charge in [-0.1, -0.05) is 71.5 Å². The van der Waals surface area contributed by atoms with Gasteiger partial charge >= 0.3 is 6.03 Å². The van der Waals surface area contributed by atoms with E-state index in [-0.39, 0.29) is 0 Å². The molecule has 0 spiro atoms. The Balaban J connectivity index is 2.08. The van der Waals surface area contributed by atoms with Crippen molar-refractivity contribution in [3.05, 3.63) is 60.2 Å². The lowest BCUT2D eigenvalue weighted by Gasteiger charge is -2.01. The van der Waals surface area contributed by atoms with E-state index in [4.69, 9.17) is 5.73 Å². The van der Waals surface area contributed by atoms with Crippen LogP contribution in [0.25, 0.3) is 21.8 Å². The van der Waals surface area contributed by atoms with Crippen LogP contribution < -0.4 is 11.1 Å². The molecule has 1 aromatic heterocycles. The Kier molecular flexibility index (Phi) is 3.89. The van der Waals surface area contributed by atoms with Crippen molar-refractivity contribution in [2.45, 2.75) is 6.92 Å². The van der Waals surface area contributed by atoms with Crippen molar-refractivity contribution in [2.24, 2.45) is 5.73 Å². The average molecular weight is 309 g/mol. The summed E-state index contributed by atoms with van der Waals surface area (Å²) in [5, 5.41) is 4.18. The standard InChI is InChI=1S/C17H15N3OS/c1-11-7-9-13(10-8-11)15-19-14(12-5-3-2-4-6-12)16(22-15)20-17(18)21/h2-10H,1H3,(H3,18,20,21). The fourth-order valence-corrected chi connectivity index (χ4v) is 3.12. The Bertz CT molecular complexity index is 795. The monoisotopic (exact) mass is 309 g/mol. The van der Waals surface area contributed by atoms with Gasteiger partial charge in [-0.05, 0) is 6.92 Å². The molecule has 3 rings (SSSR count). The van der Waals surface area contributed by atoms with Gasteiger partial charge in [0.2, 0.25) is 0 Å². The molecule has 0 aliphatic heterocycles. The van der Waals surface area contributed by atoms with Gasteiger partial charge in [0, 0.05) is 11.1 Å². The molecule has 0 radical (unpaired) electrons. The molecule has 2 amide bonds. The summed E-state index contributed by atoms with van der Waals surface area (Å²) in [6.45, 7) is 2.04. The molecular formula is C17H15N3OS. The summed E-state index contributed by atoms with van der Waals surface area (Å²) >= 11 is 1.42. The fourth-order valence-electron chi connectivity index (χ4n) is 2.13. The number of nitrogens with two attached hydrogens (primary N) is 1. The number of urea groups is 1. The molecule has 1 heterocycles. The third kappa shape index (κ3) is 2.99. The van der Waals surface area contributed by atoms with E-state index in [2.05, 4.69) is 10.3 Å². The molecule has 3 aromatic rings. The van der Waals surface area contributed by atoms with E-state index < -0.39 is 6.03 Å². The lowest BCUT2D eigenvalue weighted by Crippen LogP contribution is -2.18. The Morgan fingerprint density at radius 3 is 2.36 bits per heavy atom. The van der Waals surface area contributed by atoms with E-state index >= 15 is 0 Å². The van der Waals surface area contributed by atoms with E-state index in [1.807, 2.05) is 61.5 Å². The van der Waals surface area contributed by atoms with Crippen LogP contribution in [-0.4, -0.2) is 11.0 Å². The topological polar surface area (TPSA) is 68.0 Å². The van der Waals surface area contributed by atoms with Crippen LogP contribution >= 0.6 is 11.3 Å². The first-order valence-electron chi connectivity index (χ1n) is 6.83. The molecule has 3 N–H and O–H groups in total. The van der Waals surface area contributed by atoms with Crippen LogP contribution in [0, 0.1) is 6.92 Å². The number of hydrogen-bond acceptors (Lipinski definition) is 3. The number of anilines is 1. The van der Waals surface area contributed by atoms with Crippen LogP contribution in [0.1, 0.15) is 5.56 Å². The second-order valence-electron chi connectivity index (χ2n) is 4.92. The van der Waals surface area contributed by atoms with Gasteiger partial charge in [0.1, 0.15) is 15.7 Å². The van der Waals surface area contributed by atoms with Crippen molar-refractivity contribution in [1.82, 2.24) is 4.98 Å². The van der Waals surface area contributed by atoms with Crippen molar-refractivity contribution < 1.29 is 4.79 Å². The maximum absolute atomic E-state index is 11.2. The molecule has 0 aliphatic carbocycles.